The van der Waals surface area contributed by atoms with E-state index in [0.29, 0.717) is 18.9 Å². The summed E-state index contributed by atoms with van der Waals surface area (Å²) in [5, 5.41) is 6.69. The van der Waals surface area contributed by atoms with Crippen LogP contribution >= 0.6 is 0 Å². The third-order valence-electron chi connectivity index (χ3n) is 4.68. The van der Waals surface area contributed by atoms with Crippen LogP contribution in [-0.4, -0.2) is 44.6 Å². The van der Waals surface area contributed by atoms with Gasteiger partial charge in [0.05, 0.1) is 6.54 Å². The first-order valence-corrected chi connectivity index (χ1v) is 11.4. The Hall–Kier alpha value is -1.94. The zero-order chi connectivity index (χ0) is 21.4. The van der Waals surface area contributed by atoms with Crippen LogP contribution in [0, 0.1) is 12.3 Å². The maximum Gasteiger partial charge on any atom is 0.188 e. The Morgan fingerprint density at radius 2 is 1.17 bits per heavy atom. The Bertz CT molecular complexity index is 451. The molecule has 0 radical (unpaired) electrons. The standard InChI is InChI=1S/C22H45N7/c1-2-3-18-28-22(25)29-20-15-11-7-9-13-17-26-16-12-8-5-4-6-10-14-19-27-21(23)24/h1,26H,3-20H2,(H4,23,24,27)(H3,25,28,29). The largest absolute Gasteiger partial charge is 0.370 e. The fraction of sp³-hybridized carbons (Fsp3) is 0.818. The van der Waals surface area contributed by atoms with Crippen molar-refractivity contribution in [1.29, 1.82) is 0 Å². The number of hydrogen-bond donors (Lipinski definition) is 5. The van der Waals surface area contributed by atoms with Crippen LogP contribution in [0.2, 0.25) is 0 Å². The minimum atomic E-state index is 0.203. The summed E-state index contributed by atoms with van der Waals surface area (Å²) in [6.45, 7) is 4.54. The van der Waals surface area contributed by atoms with E-state index in [4.69, 9.17) is 23.6 Å². The predicted molar refractivity (Wildman–Crippen MR) is 127 cm³/mol. The van der Waals surface area contributed by atoms with Gasteiger partial charge in [-0.3, -0.25) is 9.98 Å². The monoisotopic (exact) mass is 407 g/mol. The average molecular weight is 408 g/mol. The van der Waals surface area contributed by atoms with Crippen molar-refractivity contribution < 1.29 is 0 Å². The van der Waals surface area contributed by atoms with Gasteiger partial charge in [-0.25, -0.2) is 0 Å². The predicted octanol–water partition coefficient (Wildman–Crippen LogP) is 2.46. The molecule has 0 aliphatic heterocycles. The lowest BCUT2D eigenvalue weighted by atomic mass is 10.1. The smallest absolute Gasteiger partial charge is 0.188 e. The molecule has 8 N–H and O–H groups in total. The third-order valence-corrected chi connectivity index (χ3v) is 4.68. The minimum absolute atomic E-state index is 0.203. The van der Waals surface area contributed by atoms with Gasteiger partial charge in [-0.15, -0.1) is 12.3 Å². The summed E-state index contributed by atoms with van der Waals surface area (Å²) in [7, 11) is 0. The summed E-state index contributed by atoms with van der Waals surface area (Å²) >= 11 is 0. The van der Waals surface area contributed by atoms with E-state index >= 15 is 0 Å². The first kappa shape index (κ1) is 27.1. The Balaban J connectivity index is 3.14. The lowest BCUT2D eigenvalue weighted by Gasteiger charge is -2.06. The average Bonchev–Trinajstić information content (AvgIpc) is 2.69. The van der Waals surface area contributed by atoms with Crippen molar-refractivity contribution in [2.45, 2.75) is 83.5 Å². The van der Waals surface area contributed by atoms with Gasteiger partial charge in [0.1, 0.15) is 0 Å². The van der Waals surface area contributed by atoms with Crippen molar-refractivity contribution in [2.75, 3.05) is 32.7 Å². The van der Waals surface area contributed by atoms with Gasteiger partial charge in [0.15, 0.2) is 11.9 Å². The van der Waals surface area contributed by atoms with E-state index in [1.54, 1.807) is 0 Å². The molecule has 0 aromatic rings. The molecule has 0 amide bonds. The Kier molecular flexibility index (Phi) is 20.9. The molecule has 0 saturated heterocycles. The molecule has 0 rings (SSSR count). The minimum Gasteiger partial charge on any atom is -0.370 e. The van der Waals surface area contributed by atoms with Gasteiger partial charge in [0.25, 0.3) is 0 Å². The van der Waals surface area contributed by atoms with Crippen molar-refractivity contribution in [3.8, 4) is 12.3 Å². The van der Waals surface area contributed by atoms with Gasteiger partial charge >= 0.3 is 0 Å². The molecular formula is C22H45N7. The highest BCUT2D eigenvalue weighted by Crippen LogP contribution is 2.07. The van der Waals surface area contributed by atoms with Crippen LogP contribution in [0.15, 0.2) is 9.98 Å². The van der Waals surface area contributed by atoms with Crippen molar-refractivity contribution in [3.05, 3.63) is 0 Å². The summed E-state index contributed by atoms with van der Waals surface area (Å²) in [6.07, 6.45) is 20.9. The van der Waals surface area contributed by atoms with Gasteiger partial charge in [-0.1, -0.05) is 51.4 Å². The Labute approximate surface area is 178 Å². The highest BCUT2D eigenvalue weighted by atomic mass is 15.1. The lowest BCUT2D eigenvalue weighted by molar-refractivity contribution is 0.539. The number of terminal acetylenes is 1. The summed E-state index contributed by atoms with van der Waals surface area (Å²) in [4.78, 5) is 8.15. The zero-order valence-electron chi connectivity index (χ0n) is 18.4. The van der Waals surface area contributed by atoms with Gasteiger partial charge < -0.3 is 27.8 Å². The molecule has 0 fully saturated rings. The van der Waals surface area contributed by atoms with Crippen LogP contribution in [0.3, 0.4) is 0 Å². The molecule has 0 unspecified atom stereocenters. The summed E-state index contributed by atoms with van der Waals surface area (Å²) in [6, 6.07) is 0. The van der Waals surface area contributed by atoms with E-state index in [1.165, 1.54) is 64.2 Å². The topological polar surface area (TPSA) is 127 Å². The number of unbranched alkanes of at least 4 members (excludes halogenated alkanes) is 10. The Morgan fingerprint density at radius 3 is 1.72 bits per heavy atom. The van der Waals surface area contributed by atoms with Crippen LogP contribution in [0.5, 0.6) is 0 Å². The van der Waals surface area contributed by atoms with Gasteiger partial charge in [0.2, 0.25) is 0 Å². The zero-order valence-corrected chi connectivity index (χ0v) is 18.4. The molecule has 0 atom stereocenters. The second kappa shape index (κ2) is 22.4. The molecule has 0 saturated carbocycles. The fourth-order valence-electron chi connectivity index (χ4n) is 3.00. The van der Waals surface area contributed by atoms with Crippen LogP contribution in [0.4, 0.5) is 0 Å². The third kappa shape index (κ3) is 24.0. The number of rotatable bonds is 20. The van der Waals surface area contributed by atoms with Crippen molar-refractivity contribution in [1.82, 2.24) is 10.6 Å². The molecule has 0 bridgehead atoms. The summed E-state index contributed by atoms with van der Waals surface area (Å²) in [5.41, 5.74) is 16.3. The molecule has 0 aliphatic rings. The molecule has 29 heavy (non-hydrogen) atoms. The van der Waals surface area contributed by atoms with E-state index in [1.807, 2.05) is 0 Å². The molecule has 0 aromatic heterocycles. The number of nitrogens with two attached hydrogens (primary N) is 3. The molecule has 0 aliphatic carbocycles. The van der Waals surface area contributed by atoms with E-state index in [9.17, 15) is 0 Å². The van der Waals surface area contributed by atoms with E-state index in [2.05, 4.69) is 26.5 Å². The quantitative estimate of drug-likeness (QED) is 0.0917. The molecule has 0 heterocycles. The summed E-state index contributed by atoms with van der Waals surface area (Å²) < 4.78 is 0. The molecular weight excluding hydrogens is 362 g/mol. The van der Waals surface area contributed by atoms with E-state index < -0.39 is 0 Å². The van der Waals surface area contributed by atoms with Gasteiger partial charge in [0, 0.05) is 19.5 Å². The van der Waals surface area contributed by atoms with Crippen molar-refractivity contribution in [3.63, 3.8) is 0 Å². The highest BCUT2D eigenvalue weighted by Gasteiger charge is 1.95. The number of nitrogens with zero attached hydrogens (tertiary/aromatic N) is 2. The van der Waals surface area contributed by atoms with Crippen LogP contribution < -0.4 is 27.8 Å². The highest BCUT2D eigenvalue weighted by molar-refractivity contribution is 5.77. The second-order valence-corrected chi connectivity index (χ2v) is 7.45. The SMILES string of the molecule is C#CCCN=C(N)NCCCCCCCNCCCCCCCCCN=C(N)N. The lowest BCUT2D eigenvalue weighted by Crippen LogP contribution is -2.32. The fourth-order valence-corrected chi connectivity index (χ4v) is 3.00. The van der Waals surface area contributed by atoms with Gasteiger partial charge in [-0.2, -0.15) is 0 Å². The Morgan fingerprint density at radius 1 is 0.655 bits per heavy atom. The normalized spacial score (nSPS) is 11.2. The van der Waals surface area contributed by atoms with Gasteiger partial charge in [-0.05, 0) is 38.8 Å². The number of hydrogen-bond acceptors (Lipinski definition) is 3. The molecule has 0 aromatic carbocycles. The number of guanidine groups is 2. The molecule has 7 nitrogen and oxygen atoms in total. The second-order valence-electron chi connectivity index (χ2n) is 7.45. The number of aliphatic imine (C=N–C) groups is 2. The molecule has 7 heteroatoms. The molecule has 0 spiro atoms. The molecule has 168 valence electrons. The maximum absolute atomic E-state index is 5.75. The first-order valence-electron chi connectivity index (χ1n) is 11.4. The number of nitrogens with one attached hydrogen (secondary N) is 2. The van der Waals surface area contributed by atoms with Crippen LogP contribution in [-0.2, 0) is 0 Å². The van der Waals surface area contributed by atoms with Crippen LogP contribution in [0.1, 0.15) is 83.5 Å². The van der Waals surface area contributed by atoms with E-state index in [0.717, 1.165) is 39.0 Å². The van der Waals surface area contributed by atoms with Crippen molar-refractivity contribution >= 4 is 11.9 Å². The van der Waals surface area contributed by atoms with Crippen molar-refractivity contribution in [2.24, 2.45) is 27.2 Å². The summed E-state index contributed by atoms with van der Waals surface area (Å²) in [5.74, 6) is 3.26. The first-order chi connectivity index (χ1) is 14.2. The maximum atomic E-state index is 5.75. The van der Waals surface area contributed by atoms with Crippen LogP contribution in [0.25, 0.3) is 0 Å². The van der Waals surface area contributed by atoms with E-state index in [-0.39, 0.29) is 5.96 Å².